The molecule has 0 saturated carbocycles. The molecule has 1 aromatic heterocycles. The third-order valence-electron chi connectivity index (χ3n) is 5.58. The number of nitrogens with zero attached hydrogens (tertiary/aromatic N) is 3. The summed E-state index contributed by atoms with van der Waals surface area (Å²) in [6, 6.07) is 20.3. The summed E-state index contributed by atoms with van der Waals surface area (Å²) in [5.74, 6) is -0.658. The van der Waals surface area contributed by atoms with Crippen LogP contribution in [0.2, 0.25) is 0 Å². The number of aromatic nitrogens is 2. The van der Waals surface area contributed by atoms with E-state index in [-0.39, 0.29) is 15.7 Å². The zero-order chi connectivity index (χ0) is 28.2. The van der Waals surface area contributed by atoms with Gasteiger partial charge in [0.1, 0.15) is 6.54 Å². The third-order valence-corrected chi connectivity index (χ3v) is 8.71. The van der Waals surface area contributed by atoms with Crippen molar-refractivity contribution in [3.8, 4) is 0 Å². The van der Waals surface area contributed by atoms with Crippen LogP contribution in [0.25, 0.3) is 0 Å². The maximum atomic E-state index is 13.5. The summed E-state index contributed by atoms with van der Waals surface area (Å²) < 4.78 is 55.8. The molecule has 4 rings (SSSR count). The van der Waals surface area contributed by atoms with Gasteiger partial charge in [-0.3, -0.25) is 9.10 Å². The predicted molar refractivity (Wildman–Crippen MR) is 150 cm³/mol. The average Bonchev–Trinajstić information content (AvgIpc) is 2.87. The van der Waals surface area contributed by atoms with E-state index in [1.807, 2.05) is 19.9 Å². The maximum Gasteiger partial charge on any atom is 0.264 e. The van der Waals surface area contributed by atoms with Crippen molar-refractivity contribution in [2.45, 2.75) is 30.6 Å². The topological polar surface area (TPSA) is 138 Å². The lowest BCUT2D eigenvalue weighted by atomic mass is 10.1. The number of hydrogen-bond acceptors (Lipinski definition) is 7. The number of hydrogen-bond donors (Lipinski definition) is 2. The summed E-state index contributed by atoms with van der Waals surface area (Å²) in [4.78, 5) is 21.0. The normalized spacial score (nSPS) is 11.6. The van der Waals surface area contributed by atoms with Crippen LogP contribution in [0.5, 0.6) is 0 Å². The highest BCUT2D eigenvalue weighted by molar-refractivity contribution is 7.93. The molecule has 0 unspecified atom stereocenters. The molecule has 4 aromatic rings. The van der Waals surface area contributed by atoms with Crippen LogP contribution in [-0.2, 0) is 24.8 Å². The fourth-order valence-corrected chi connectivity index (χ4v) is 6.23. The molecule has 2 N–H and O–H groups in total. The molecule has 0 aliphatic heterocycles. The van der Waals surface area contributed by atoms with Crippen molar-refractivity contribution < 1.29 is 21.6 Å². The standard InChI is InChI=1S/C27H27N5O5S2/c1-19-15-20(2)17-23(16-19)32(39(36,37)25-7-5-4-6-8-25)18-26(33)30-22-9-11-24(12-10-22)38(34,35)31-27-28-14-13-21(3)29-27/h4-17H,18H2,1-3H3,(H,30,33)(H,28,29,31). The Labute approximate surface area is 227 Å². The Hall–Kier alpha value is -4.29. The van der Waals surface area contributed by atoms with Crippen LogP contribution in [0, 0.1) is 20.8 Å². The van der Waals surface area contributed by atoms with Crippen LogP contribution in [0.3, 0.4) is 0 Å². The second kappa shape index (κ2) is 11.2. The number of carbonyl (C=O) groups excluding carboxylic acids is 1. The molecule has 0 atom stereocenters. The van der Waals surface area contributed by atoms with E-state index < -0.39 is 32.5 Å². The zero-order valence-corrected chi connectivity index (χ0v) is 23.1. The van der Waals surface area contributed by atoms with Gasteiger partial charge in [-0.15, -0.1) is 0 Å². The fraction of sp³-hybridized carbons (Fsp3) is 0.148. The van der Waals surface area contributed by atoms with Gasteiger partial charge in [0.15, 0.2) is 0 Å². The minimum Gasteiger partial charge on any atom is -0.325 e. The summed E-state index contributed by atoms with van der Waals surface area (Å²) in [5.41, 5.74) is 2.95. The summed E-state index contributed by atoms with van der Waals surface area (Å²) in [6.45, 7) is 4.91. The van der Waals surface area contributed by atoms with E-state index in [9.17, 15) is 21.6 Å². The average molecular weight is 566 g/mol. The Balaban J connectivity index is 1.54. The monoisotopic (exact) mass is 565 g/mol. The van der Waals surface area contributed by atoms with Crippen molar-refractivity contribution in [2.24, 2.45) is 0 Å². The van der Waals surface area contributed by atoms with Crippen molar-refractivity contribution in [2.75, 3.05) is 20.9 Å². The zero-order valence-electron chi connectivity index (χ0n) is 21.5. The smallest absolute Gasteiger partial charge is 0.264 e. The summed E-state index contributed by atoms with van der Waals surface area (Å²) in [5, 5.41) is 2.65. The molecule has 10 nitrogen and oxygen atoms in total. The van der Waals surface area contributed by atoms with Gasteiger partial charge in [-0.25, -0.2) is 31.5 Å². The van der Waals surface area contributed by atoms with Crippen molar-refractivity contribution in [1.82, 2.24) is 9.97 Å². The predicted octanol–water partition coefficient (Wildman–Crippen LogP) is 4.04. The number of anilines is 3. The van der Waals surface area contributed by atoms with E-state index in [2.05, 4.69) is 20.0 Å². The summed E-state index contributed by atoms with van der Waals surface area (Å²) in [6.07, 6.45) is 1.44. The highest BCUT2D eigenvalue weighted by atomic mass is 32.2. The van der Waals surface area contributed by atoms with Crippen LogP contribution in [0.15, 0.2) is 94.9 Å². The minimum atomic E-state index is -4.06. The molecule has 3 aromatic carbocycles. The lowest BCUT2D eigenvalue weighted by Gasteiger charge is -2.25. The number of rotatable bonds is 9. The number of carbonyl (C=O) groups is 1. The van der Waals surface area contributed by atoms with Crippen LogP contribution in [0.4, 0.5) is 17.3 Å². The second-order valence-electron chi connectivity index (χ2n) is 8.87. The van der Waals surface area contributed by atoms with Gasteiger partial charge in [-0.05, 0) is 86.5 Å². The molecule has 0 spiro atoms. The molecule has 0 aliphatic rings. The minimum absolute atomic E-state index is 0.0524. The number of sulfonamides is 2. The van der Waals surface area contributed by atoms with Crippen LogP contribution in [-0.4, -0.2) is 39.3 Å². The molecule has 12 heteroatoms. The summed E-state index contributed by atoms with van der Waals surface area (Å²) in [7, 11) is -8.02. The Morgan fingerprint density at radius 3 is 2.08 bits per heavy atom. The number of amides is 1. The molecule has 0 fully saturated rings. The van der Waals surface area contributed by atoms with Gasteiger partial charge >= 0.3 is 0 Å². The first-order valence-corrected chi connectivity index (χ1v) is 14.7. The highest BCUT2D eigenvalue weighted by Crippen LogP contribution is 2.26. The largest absolute Gasteiger partial charge is 0.325 e. The molecule has 39 heavy (non-hydrogen) atoms. The molecule has 202 valence electrons. The van der Waals surface area contributed by atoms with Crippen molar-refractivity contribution in [3.63, 3.8) is 0 Å². The van der Waals surface area contributed by atoms with E-state index in [1.54, 1.807) is 43.3 Å². The Morgan fingerprint density at radius 2 is 1.46 bits per heavy atom. The number of nitrogens with one attached hydrogen (secondary N) is 2. The lowest BCUT2D eigenvalue weighted by Crippen LogP contribution is -2.38. The molecule has 0 saturated heterocycles. The van der Waals surface area contributed by atoms with Crippen molar-refractivity contribution in [3.05, 3.63) is 102 Å². The van der Waals surface area contributed by atoms with Crippen molar-refractivity contribution >= 4 is 43.3 Å². The van der Waals surface area contributed by atoms with E-state index >= 15 is 0 Å². The lowest BCUT2D eigenvalue weighted by molar-refractivity contribution is -0.114. The van der Waals surface area contributed by atoms with E-state index in [0.29, 0.717) is 17.1 Å². The van der Waals surface area contributed by atoms with E-state index in [4.69, 9.17) is 0 Å². The van der Waals surface area contributed by atoms with Gasteiger partial charge in [0.2, 0.25) is 11.9 Å². The molecule has 1 heterocycles. The Morgan fingerprint density at radius 1 is 0.821 bits per heavy atom. The van der Waals surface area contributed by atoms with Gasteiger partial charge in [0.05, 0.1) is 15.5 Å². The summed E-state index contributed by atoms with van der Waals surface area (Å²) >= 11 is 0. The molecule has 0 bridgehead atoms. The maximum absolute atomic E-state index is 13.5. The van der Waals surface area contributed by atoms with Crippen LogP contribution < -0.4 is 14.3 Å². The first kappa shape index (κ1) is 27.7. The Kier molecular flexibility index (Phi) is 7.98. The molecule has 0 radical (unpaired) electrons. The molecule has 1 amide bonds. The third kappa shape index (κ3) is 6.78. The highest BCUT2D eigenvalue weighted by Gasteiger charge is 2.27. The molecular weight excluding hydrogens is 538 g/mol. The van der Waals surface area contributed by atoms with Gasteiger partial charge in [-0.1, -0.05) is 24.3 Å². The number of aryl methyl sites for hydroxylation is 3. The molecular formula is C27H27N5O5S2. The Bertz CT molecular complexity index is 1690. The number of benzene rings is 3. The van der Waals surface area contributed by atoms with E-state index in [1.165, 1.54) is 42.6 Å². The second-order valence-corrected chi connectivity index (χ2v) is 12.4. The van der Waals surface area contributed by atoms with Crippen molar-refractivity contribution in [1.29, 1.82) is 0 Å². The van der Waals surface area contributed by atoms with Gasteiger partial charge in [0, 0.05) is 17.6 Å². The first-order chi connectivity index (χ1) is 18.4. The van der Waals surface area contributed by atoms with Gasteiger partial charge in [-0.2, -0.15) is 0 Å². The first-order valence-electron chi connectivity index (χ1n) is 11.8. The van der Waals surface area contributed by atoms with Crippen LogP contribution >= 0.6 is 0 Å². The SMILES string of the molecule is Cc1cc(C)cc(N(CC(=O)Nc2ccc(S(=O)(=O)Nc3nccc(C)n3)cc2)S(=O)(=O)c2ccccc2)c1. The van der Waals surface area contributed by atoms with E-state index in [0.717, 1.165) is 15.4 Å². The quantitative estimate of drug-likeness (QED) is 0.312. The fourth-order valence-electron chi connectivity index (χ4n) is 3.85. The van der Waals surface area contributed by atoms with Crippen LogP contribution in [0.1, 0.15) is 16.8 Å². The molecule has 0 aliphatic carbocycles. The van der Waals surface area contributed by atoms with Gasteiger partial charge < -0.3 is 5.32 Å². The van der Waals surface area contributed by atoms with Gasteiger partial charge in [0.25, 0.3) is 20.0 Å².